The van der Waals surface area contributed by atoms with Crippen molar-refractivity contribution in [1.29, 1.82) is 0 Å². The van der Waals surface area contributed by atoms with E-state index < -0.39 is 0 Å². The van der Waals surface area contributed by atoms with Gasteiger partial charge in [0.25, 0.3) is 0 Å². The first kappa shape index (κ1) is 13.9. The monoisotopic (exact) mass is 237 g/mol. The maximum absolute atomic E-state index is 5.98. The van der Waals surface area contributed by atoms with E-state index >= 15 is 0 Å². The average molecular weight is 237 g/mol. The summed E-state index contributed by atoms with van der Waals surface area (Å²) < 4.78 is 5.14. The highest BCUT2D eigenvalue weighted by Crippen LogP contribution is 2.23. The van der Waals surface area contributed by atoms with Gasteiger partial charge in [0.15, 0.2) is 0 Å². The van der Waals surface area contributed by atoms with Gasteiger partial charge >= 0.3 is 0 Å². The van der Waals surface area contributed by atoms with Crippen LogP contribution in [-0.4, -0.2) is 31.3 Å². The molecule has 0 amide bonds. The van der Waals surface area contributed by atoms with Crippen LogP contribution in [0.2, 0.25) is 0 Å². The van der Waals surface area contributed by atoms with Crippen molar-refractivity contribution in [2.24, 2.45) is 5.73 Å². The van der Waals surface area contributed by atoms with E-state index in [2.05, 4.69) is 23.7 Å². The van der Waals surface area contributed by atoms with Crippen molar-refractivity contribution in [3.05, 3.63) is 23.9 Å². The van der Waals surface area contributed by atoms with Crippen molar-refractivity contribution >= 4 is 5.82 Å². The fourth-order valence-electron chi connectivity index (χ4n) is 1.80. The number of pyridine rings is 1. The van der Waals surface area contributed by atoms with Crippen LogP contribution in [0, 0.1) is 0 Å². The number of ether oxygens (including phenoxy) is 1. The van der Waals surface area contributed by atoms with E-state index in [0.717, 1.165) is 17.9 Å². The predicted octanol–water partition coefficient (Wildman–Crippen LogP) is 1.96. The van der Waals surface area contributed by atoms with Gasteiger partial charge in [-0.1, -0.05) is 6.07 Å². The molecule has 0 radical (unpaired) electrons. The molecule has 17 heavy (non-hydrogen) atoms. The Kier molecular flexibility index (Phi) is 5.38. The van der Waals surface area contributed by atoms with Gasteiger partial charge in [-0.25, -0.2) is 4.98 Å². The van der Waals surface area contributed by atoms with Gasteiger partial charge in [0.05, 0.1) is 6.61 Å². The molecule has 0 aliphatic carbocycles. The number of rotatable bonds is 6. The first-order valence-electron chi connectivity index (χ1n) is 6.04. The molecule has 4 heteroatoms. The van der Waals surface area contributed by atoms with Crippen LogP contribution in [0.15, 0.2) is 18.3 Å². The molecule has 4 nitrogen and oxygen atoms in total. The van der Waals surface area contributed by atoms with Crippen LogP contribution >= 0.6 is 0 Å². The Morgan fingerprint density at radius 1 is 1.41 bits per heavy atom. The molecule has 1 atom stereocenters. The minimum Gasteiger partial charge on any atom is -0.383 e. The van der Waals surface area contributed by atoms with Gasteiger partial charge in [-0.3, -0.25) is 0 Å². The Morgan fingerprint density at radius 2 is 2.12 bits per heavy atom. The number of hydrogen-bond donors (Lipinski definition) is 1. The summed E-state index contributed by atoms with van der Waals surface area (Å²) in [5.74, 6) is 0.967. The van der Waals surface area contributed by atoms with Crippen molar-refractivity contribution in [3.8, 4) is 0 Å². The smallest absolute Gasteiger partial charge is 0.133 e. The van der Waals surface area contributed by atoms with E-state index in [9.17, 15) is 0 Å². The second-order valence-electron chi connectivity index (χ2n) is 4.48. The largest absolute Gasteiger partial charge is 0.383 e. The number of aromatic nitrogens is 1. The molecule has 1 rings (SSSR count). The number of methoxy groups -OCH3 is 1. The van der Waals surface area contributed by atoms with Crippen molar-refractivity contribution in [1.82, 2.24) is 4.98 Å². The topological polar surface area (TPSA) is 51.4 Å². The predicted molar refractivity (Wildman–Crippen MR) is 71.2 cm³/mol. The van der Waals surface area contributed by atoms with Crippen molar-refractivity contribution in [2.75, 3.05) is 25.2 Å². The fraction of sp³-hybridized carbons (Fsp3) is 0.615. The third kappa shape index (κ3) is 3.68. The lowest BCUT2D eigenvalue weighted by atomic mass is 10.1. The SMILES string of the molecule is COCCN(c1ncccc1[C@H](C)N)C(C)C. The van der Waals surface area contributed by atoms with Gasteiger partial charge in [0.2, 0.25) is 0 Å². The zero-order valence-electron chi connectivity index (χ0n) is 11.2. The summed E-state index contributed by atoms with van der Waals surface area (Å²) in [6.45, 7) is 7.79. The van der Waals surface area contributed by atoms with Crippen LogP contribution in [0.3, 0.4) is 0 Å². The van der Waals surface area contributed by atoms with E-state index in [1.54, 1.807) is 7.11 Å². The summed E-state index contributed by atoms with van der Waals surface area (Å²) in [7, 11) is 1.71. The van der Waals surface area contributed by atoms with Gasteiger partial charge in [0, 0.05) is 37.5 Å². The molecule has 1 aromatic rings. The number of nitrogens with zero attached hydrogens (tertiary/aromatic N) is 2. The molecule has 0 fully saturated rings. The Balaban J connectivity index is 3.00. The zero-order chi connectivity index (χ0) is 12.8. The minimum atomic E-state index is -0.0116. The first-order valence-corrected chi connectivity index (χ1v) is 6.04. The van der Waals surface area contributed by atoms with Gasteiger partial charge in [-0.2, -0.15) is 0 Å². The summed E-state index contributed by atoms with van der Waals surface area (Å²) in [5.41, 5.74) is 7.06. The molecule has 0 aromatic carbocycles. The summed E-state index contributed by atoms with van der Waals surface area (Å²) >= 11 is 0. The molecule has 2 N–H and O–H groups in total. The number of anilines is 1. The van der Waals surface area contributed by atoms with E-state index in [1.807, 2.05) is 25.3 Å². The normalized spacial score (nSPS) is 12.8. The molecular weight excluding hydrogens is 214 g/mol. The molecular formula is C13H23N3O. The van der Waals surface area contributed by atoms with E-state index in [1.165, 1.54) is 0 Å². The fourth-order valence-corrected chi connectivity index (χ4v) is 1.80. The lowest BCUT2D eigenvalue weighted by Crippen LogP contribution is -2.35. The lowest BCUT2D eigenvalue weighted by molar-refractivity contribution is 0.203. The third-order valence-electron chi connectivity index (χ3n) is 2.74. The third-order valence-corrected chi connectivity index (χ3v) is 2.74. The Labute approximate surface area is 104 Å². The van der Waals surface area contributed by atoms with Gasteiger partial charge < -0.3 is 15.4 Å². The summed E-state index contributed by atoms with van der Waals surface area (Å²) in [5, 5.41) is 0. The summed E-state index contributed by atoms with van der Waals surface area (Å²) in [4.78, 5) is 6.69. The number of hydrogen-bond acceptors (Lipinski definition) is 4. The quantitative estimate of drug-likeness (QED) is 0.821. The van der Waals surface area contributed by atoms with Crippen LogP contribution in [-0.2, 0) is 4.74 Å². The van der Waals surface area contributed by atoms with Crippen LogP contribution in [0.4, 0.5) is 5.82 Å². The van der Waals surface area contributed by atoms with Gasteiger partial charge in [-0.15, -0.1) is 0 Å². The average Bonchev–Trinajstić information content (AvgIpc) is 2.29. The van der Waals surface area contributed by atoms with Gasteiger partial charge in [0.1, 0.15) is 5.82 Å². The Morgan fingerprint density at radius 3 is 2.65 bits per heavy atom. The van der Waals surface area contributed by atoms with Crippen molar-refractivity contribution in [3.63, 3.8) is 0 Å². The Hall–Kier alpha value is -1.13. The molecule has 96 valence electrons. The van der Waals surface area contributed by atoms with E-state index in [4.69, 9.17) is 10.5 Å². The van der Waals surface area contributed by atoms with Gasteiger partial charge in [-0.05, 0) is 26.8 Å². The van der Waals surface area contributed by atoms with Crippen LogP contribution in [0.5, 0.6) is 0 Å². The molecule has 0 aliphatic heterocycles. The zero-order valence-corrected chi connectivity index (χ0v) is 11.2. The first-order chi connectivity index (χ1) is 8.07. The molecule has 0 saturated heterocycles. The van der Waals surface area contributed by atoms with Crippen LogP contribution in [0.25, 0.3) is 0 Å². The maximum atomic E-state index is 5.98. The Bertz CT molecular complexity index is 339. The van der Waals surface area contributed by atoms with Crippen molar-refractivity contribution < 1.29 is 4.74 Å². The molecule has 0 bridgehead atoms. The molecule has 0 spiro atoms. The maximum Gasteiger partial charge on any atom is 0.133 e. The second-order valence-corrected chi connectivity index (χ2v) is 4.48. The molecule has 1 aromatic heterocycles. The summed E-state index contributed by atoms with van der Waals surface area (Å²) in [6, 6.07) is 4.33. The second kappa shape index (κ2) is 6.57. The molecule has 0 unspecified atom stereocenters. The van der Waals surface area contributed by atoms with E-state index in [0.29, 0.717) is 12.6 Å². The van der Waals surface area contributed by atoms with Crippen LogP contribution < -0.4 is 10.6 Å². The molecule has 1 heterocycles. The van der Waals surface area contributed by atoms with Crippen molar-refractivity contribution in [2.45, 2.75) is 32.9 Å². The highest BCUT2D eigenvalue weighted by atomic mass is 16.5. The highest BCUT2D eigenvalue weighted by molar-refractivity contribution is 5.48. The summed E-state index contributed by atoms with van der Waals surface area (Å²) in [6.07, 6.45) is 1.81. The highest BCUT2D eigenvalue weighted by Gasteiger charge is 2.17. The number of nitrogens with two attached hydrogens (primary N) is 1. The molecule has 0 aliphatic rings. The van der Waals surface area contributed by atoms with Crippen LogP contribution in [0.1, 0.15) is 32.4 Å². The lowest BCUT2D eigenvalue weighted by Gasteiger charge is -2.30. The minimum absolute atomic E-state index is 0.0116. The standard InChI is InChI=1S/C13H23N3O/c1-10(2)16(8-9-17-4)13-12(11(3)14)6-5-7-15-13/h5-7,10-11H,8-9,14H2,1-4H3/t11-/m0/s1. The molecule has 0 saturated carbocycles. The van der Waals surface area contributed by atoms with E-state index in [-0.39, 0.29) is 6.04 Å².